The maximum Gasteiger partial charge on any atom is 0.325 e. The van der Waals surface area contributed by atoms with Gasteiger partial charge in [0.1, 0.15) is 5.54 Å². The molecule has 1 aromatic carbocycles. The SMILES string of the molecule is CC(NC(=O)CCN1C(=O)NC2(CCCCC2)C1=O)c1ccc(NC(=O)C2CC2)cc1. The van der Waals surface area contributed by atoms with E-state index in [1.54, 1.807) is 0 Å². The Morgan fingerprint density at radius 1 is 1.13 bits per heavy atom. The van der Waals surface area contributed by atoms with Gasteiger partial charge in [0, 0.05) is 24.6 Å². The maximum atomic E-state index is 12.8. The number of nitrogens with zero attached hydrogens (tertiary/aromatic N) is 1. The van der Waals surface area contributed by atoms with E-state index in [9.17, 15) is 19.2 Å². The third-order valence-corrected chi connectivity index (χ3v) is 6.52. The highest BCUT2D eigenvalue weighted by molar-refractivity contribution is 6.07. The summed E-state index contributed by atoms with van der Waals surface area (Å²) in [5, 5.41) is 8.67. The fraction of sp³-hybridized carbons (Fsp3) is 0.565. The highest BCUT2D eigenvalue weighted by Gasteiger charge is 2.51. The number of amides is 5. The molecule has 3 N–H and O–H groups in total. The Bertz CT molecular complexity index is 872. The smallest absolute Gasteiger partial charge is 0.325 e. The number of rotatable bonds is 7. The van der Waals surface area contributed by atoms with Crippen molar-refractivity contribution < 1.29 is 19.2 Å². The first-order valence-electron chi connectivity index (χ1n) is 11.2. The van der Waals surface area contributed by atoms with E-state index in [-0.39, 0.29) is 42.6 Å². The van der Waals surface area contributed by atoms with Gasteiger partial charge in [-0.1, -0.05) is 31.4 Å². The molecule has 4 rings (SSSR count). The maximum absolute atomic E-state index is 12.8. The van der Waals surface area contributed by atoms with E-state index in [2.05, 4.69) is 16.0 Å². The molecular formula is C23H30N4O4. The first-order chi connectivity index (χ1) is 14.9. The Morgan fingerprint density at radius 2 is 1.81 bits per heavy atom. The van der Waals surface area contributed by atoms with Gasteiger partial charge >= 0.3 is 6.03 Å². The topological polar surface area (TPSA) is 108 Å². The first-order valence-corrected chi connectivity index (χ1v) is 11.2. The van der Waals surface area contributed by atoms with Crippen molar-refractivity contribution >= 4 is 29.4 Å². The lowest BCUT2D eigenvalue weighted by molar-refractivity contribution is -0.132. The number of carbonyl (C=O) groups excluding carboxylic acids is 4. The second kappa shape index (κ2) is 8.69. The van der Waals surface area contributed by atoms with Gasteiger partial charge in [0.05, 0.1) is 6.04 Å². The second-order valence-electron chi connectivity index (χ2n) is 8.95. The van der Waals surface area contributed by atoms with E-state index in [1.165, 1.54) is 4.90 Å². The molecule has 8 nitrogen and oxygen atoms in total. The summed E-state index contributed by atoms with van der Waals surface area (Å²) in [5.41, 5.74) is 0.902. The van der Waals surface area contributed by atoms with E-state index in [0.29, 0.717) is 12.8 Å². The monoisotopic (exact) mass is 426 g/mol. The minimum Gasteiger partial charge on any atom is -0.350 e. The number of hydrogen-bond donors (Lipinski definition) is 3. The van der Waals surface area contributed by atoms with Gasteiger partial charge in [-0.25, -0.2) is 4.79 Å². The first kappa shape index (κ1) is 21.3. The molecule has 1 saturated heterocycles. The fourth-order valence-corrected chi connectivity index (χ4v) is 4.43. The largest absolute Gasteiger partial charge is 0.350 e. The van der Waals surface area contributed by atoms with Crippen LogP contribution in [0.5, 0.6) is 0 Å². The normalized spacial score (nSPS) is 21.0. The lowest BCUT2D eigenvalue weighted by Gasteiger charge is -2.30. The predicted molar refractivity (Wildman–Crippen MR) is 115 cm³/mol. The molecule has 2 aliphatic carbocycles. The minimum absolute atomic E-state index is 0.0598. The Morgan fingerprint density at radius 3 is 2.45 bits per heavy atom. The molecule has 2 saturated carbocycles. The number of imide groups is 1. The number of carbonyl (C=O) groups is 4. The van der Waals surface area contributed by atoms with Crippen LogP contribution < -0.4 is 16.0 Å². The van der Waals surface area contributed by atoms with Crippen LogP contribution in [0.1, 0.15) is 69.9 Å². The summed E-state index contributed by atoms with van der Waals surface area (Å²) in [7, 11) is 0. The van der Waals surface area contributed by atoms with Crippen LogP contribution in [0.2, 0.25) is 0 Å². The van der Waals surface area contributed by atoms with Crippen molar-refractivity contribution in [3.63, 3.8) is 0 Å². The van der Waals surface area contributed by atoms with E-state index < -0.39 is 11.6 Å². The third-order valence-electron chi connectivity index (χ3n) is 6.52. The van der Waals surface area contributed by atoms with Crippen molar-refractivity contribution in [2.45, 2.75) is 69.9 Å². The van der Waals surface area contributed by atoms with Crippen molar-refractivity contribution in [2.24, 2.45) is 5.92 Å². The molecule has 1 aromatic rings. The molecule has 1 spiro atoms. The zero-order valence-corrected chi connectivity index (χ0v) is 17.9. The number of hydrogen-bond acceptors (Lipinski definition) is 4. The molecule has 1 aliphatic heterocycles. The molecule has 0 radical (unpaired) electrons. The Hall–Kier alpha value is -2.90. The van der Waals surface area contributed by atoms with Crippen molar-refractivity contribution in [1.29, 1.82) is 0 Å². The lowest BCUT2D eigenvalue weighted by atomic mass is 9.82. The number of anilines is 1. The van der Waals surface area contributed by atoms with Gasteiger partial charge in [-0.3, -0.25) is 19.3 Å². The standard InChI is InChI=1S/C23H30N4O4/c1-15(16-7-9-18(10-8-16)25-20(29)17-5-6-17)24-19(28)11-14-27-21(30)23(26-22(27)31)12-3-2-4-13-23/h7-10,15,17H,2-6,11-14H2,1H3,(H,24,28)(H,25,29)(H,26,31). The molecule has 8 heteroatoms. The molecule has 166 valence electrons. The van der Waals surface area contributed by atoms with E-state index in [1.807, 2.05) is 31.2 Å². The van der Waals surface area contributed by atoms with Crippen LogP contribution in [0.4, 0.5) is 10.5 Å². The summed E-state index contributed by atoms with van der Waals surface area (Å²) in [6.07, 6.45) is 6.27. The summed E-state index contributed by atoms with van der Waals surface area (Å²) in [6.45, 7) is 1.96. The van der Waals surface area contributed by atoms with Crippen LogP contribution in [-0.4, -0.2) is 40.7 Å². The quantitative estimate of drug-likeness (QED) is 0.583. The van der Waals surface area contributed by atoms with Gasteiger partial charge in [-0.05, 0) is 50.3 Å². The van der Waals surface area contributed by atoms with Crippen molar-refractivity contribution in [2.75, 3.05) is 11.9 Å². The summed E-state index contributed by atoms with van der Waals surface area (Å²) >= 11 is 0. The van der Waals surface area contributed by atoms with Gasteiger partial charge in [-0.15, -0.1) is 0 Å². The van der Waals surface area contributed by atoms with Crippen LogP contribution in [0.3, 0.4) is 0 Å². The van der Waals surface area contributed by atoms with E-state index in [0.717, 1.165) is 43.4 Å². The molecule has 1 heterocycles. The van der Waals surface area contributed by atoms with Crippen molar-refractivity contribution in [3.8, 4) is 0 Å². The molecular weight excluding hydrogens is 396 g/mol. The van der Waals surface area contributed by atoms with Crippen LogP contribution >= 0.6 is 0 Å². The molecule has 1 atom stereocenters. The average molecular weight is 427 g/mol. The molecule has 1 unspecified atom stereocenters. The molecule has 5 amide bonds. The van der Waals surface area contributed by atoms with E-state index in [4.69, 9.17) is 0 Å². The zero-order valence-electron chi connectivity index (χ0n) is 17.9. The van der Waals surface area contributed by atoms with Gasteiger partial charge in [0.2, 0.25) is 11.8 Å². The van der Waals surface area contributed by atoms with Crippen LogP contribution in [0, 0.1) is 5.92 Å². The third kappa shape index (κ3) is 4.73. The van der Waals surface area contributed by atoms with Gasteiger partial charge in [-0.2, -0.15) is 0 Å². The number of nitrogens with one attached hydrogen (secondary N) is 3. The molecule has 3 fully saturated rings. The fourth-order valence-electron chi connectivity index (χ4n) is 4.43. The van der Waals surface area contributed by atoms with Gasteiger partial charge < -0.3 is 16.0 Å². The molecule has 0 bridgehead atoms. The Kier molecular flexibility index (Phi) is 5.98. The highest BCUT2D eigenvalue weighted by Crippen LogP contribution is 2.33. The van der Waals surface area contributed by atoms with Crippen LogP contribution in [0.25, 0.3) is 0 Å². The van der Waals surface area contributed by atoms with E-state index >= 15 is 0 Å². The summed E-state index contributed by atoms with van der Waals surface area (Å²) in [5.74, 6) is -0.203. The summed E-state index contributed by atoms with van der Waals surface area (Å²) < 4.78 is 0. The Labute approximate surface area is 182 Å². The summed E-state index contributed by atoms with van der Waals surface area (Å²) in [4.78, 5) is 50.5. The minimum atomic E-state index is -0.754. The number of benzene rings is 1. The predicted octanol–water partition coefficient (Wildman–Crippen LogP) is 2.86. The van der Waals surface area contributed by atoms with Crippen molar-refractivity contribution in [3.05, 3.63) is 29.8 Å². The van der Waals surface area contributed by atoms with Crippen molar-refractivity contribution in [1.82, 2.24) is 15.5 Å². The molecule has 0 aromatic heterocycles. The zero-order chi connectivity index (χ0) is 22.0. The molecule has 3 aliphatic rings. The Balaban J connectivity index is 1.26. The van der Waals surface area contributed by atoms with Crippen LogP contribution in [-0.2, 0) is 14.4 Å². The molecule has 31 heavy (non-hydrogen) atoms. The van der Waals surface area contributed by atoms with Gasteiger partial charge in [0.15, 0.2) is 0 Å². The lowest BCUT2D eigenvalue weighted by Crippen LogP contribution is -2.48. The van der Waals surface area contributed by atoms with Gasteiger partial charge in [0.25, 0.3) is 5.91 Å². The van der Waals surface area contributed by atoms with Crippen LogP contribution in [0.15, 0.2) is 24.3 Å². The average Bonchev–Trinajstić information content (AvgIpc) is 3.57. The highest BCUT2D eigenvalue weighted by atomic mass is 16.2. The number of urea groups is 1. The summed E-state index contributed by atoms with van der Waals surface area (Å²) in [6, 6.07) is 6.78. The second-order valence-corrected chi connectivity index (χ2v) is 8.95.